The van der Waals surface area contributed by atoms with Crippen LogP contribution in [0, 0.1) is 0 Å². The molecular weight excluding hydrogens is 867 g/mol. The highest BCUT2D eigenvalue weighted by Crippen LogP contribution is 2.33. The largest absolute Gasteiger partial charge is 0.481 e. The van der Waals surface area contributed by atoms with Gasteiger partial charge in [-0.05, 0) is 86.0 Å². The summed E-state index contributed by atoms with van der Waals surface area (Å²) in [6.45, 7) is 0. The minimum atomic E-state index is -1.07. The first-order valence-electron chi connectivity index (χ1n) is 20.3. The van der Waals surface area contributed by atoms with Crippen molar-refractivity contribution in [3.63, 3.8) is 0 Å². The number of hydrogen-bond donors (Lipinski definition) is 5. The van der Waals surface area contributed by atoms with E-state index < -0.39 is 65.3 Å². The number of imide groups is 4. The summed E-state index contributed by atoms with van der Waals surface area (Å²) in [6, 6.07) is 7.09. The number of hydrogen-bond acceptors (Lipinski definition) is 13. The van der Waals surface area contributed by atoms with Gasteiger partial charge in [0.25, 0.3) is 23.6 Å². The van der Waals surface area contributed by atoms with Crippen molar-refractivity contribution in [1.29, 1.82) is 0 Å². The van der Waals surface area contributed by atoms with E-state index in [1.54, 1.807) is 12.1 Å². The molecule has 2 atom stereocenters. The van der Waals surface area contributed by atoms with Gasteiger partial charge in [0.15, 0.2) is 0 Å². The minimum absolute atomic E-state index is 0.0276. The van der Waals surface area contributed by atoms with Crippen LogP contribution in [0.25, 0.3) is 0 Å². The molecule has 2 aromatic rings. The van der Waals surface area contributed by atoms with Gasteiger partial charge in [-0.2, -0.15) is 0 Å². The molecule has 0 bridgehead atoms. The van der Waals surface area contributed by atoms with Gasteiger partial charge >= 0.3 is 5.97 Å². The molecule has 0 saturated carbocycles. The summed E-state index contributed by atoms with van der Waals surface area (Å²) < 4.78 is 0. The number of halogens is 2. The van der Waals surface area contributed by atoms with Crippen LogP contribution in [0.5, 0.6) is 0 Å². The lowest BCUT2D eigenvalue weighted by Crippen LogP contribution is -2.54. The van der Waals surface area contributed by atoms with Gasteiger partial charge in [-0.25, -0.2) is 0 Å². The summed E-state index contributed by atoms with van der Waals surface area (Å²) in [7, 11) is 0. The molecule has 2 saturated heterocycles. The Morgan fingerprint density at radius 2 is 1.03 bits per heavy atom. The maximum absolute atomic E-state index is 13.0. The standard InChI is InChI=1S/C21H23N3O7.C13H11N3O4.C8H12Cl2O2/c25-15(8-3-1-2-4-9-17(27)28)22-13-7-5-6-12-18(13)21(31)24(20(12)30)14-10-11-16(26)23-19(14)29;14-7-3-1-2-6-10(7)13(20)16(12(6)19)8-4-5-9(17)15-11(8)18;9-7(11)5-3-1-2-4-6-8(10)12/h5-7,14H,1-4,8-11H2,(H,22,25)(H,27,28)(H,23,26,29);1-3,8H,4-5,14H2,(H,15,17,18);1-6H2. The van der Waals surface area contributed by atoms with Crippen LogP contribution in [-0.4, -0.2) is 96.6 Å². The van der Waals surface area contributed by atoms with Crippen LogP contribution >= 0.6 is 23.2 Å². The van der Waals surface area contributed by atoms with E-state index >= 15 is 0 Å². The molecule has 4 heterocycles. The maximum atomic E-state index is 13.0. The van der Waals surface area contributed by atoms with E-state index in [-0.39, 0.29) is 88.5 Å². The van der Waals surface area contributed by atoms with Crippen molar-refractivity contribution in [2.45, 2.75) is 115 Å². The average molecular weight is 914 g/mol. The molecule has 19 nitrogen and oxygen atoms in total. The SMILES string of the molecule is Nc1cccc2c1C(=O)N(C1CCC(=O)NC1=O)C2=O.O=C(Cl)CCCCCCC(=O)Cl.O=C(O)CCCCCCC(=O)Nc1cccc2c1C(=O)N(C1CCC(=O)NC1=O)C2=O. The van der Waals surface area contributed by atoms with Crippen LogP contribution in [0.2, 0.25) is 0 Å². The number of anilines is 2. The number of carboxylic acids is 1. The molecule has 2 unspecified atom stereocenters. The van der Waals surface area contributed by atoms with Gasteiger partial charge in [-0.15, -0.1) is 0 Å². The van der Waals surface area contributed by atoms with Crippen molar-refractivity contribution in [2.24, 2.45) is 0 Å². The zero-order valence-electron chi connectivity index (χ0n) is 34.0. The molecule has 0 aliphatic carbocycles. The van der Waals surface area contributed by atoms with Crippen LogP contribution in [-0.2, 0) is 38.4 Å². The predicted octanol–water partition coefficient (Wildman–Crippen LogP) is 3.98. The lowest BCUT2D eigenvalue weighted by atomic mass is 10.0. The van der Waals surface area contributed by atoms with Crippen molar-refractivity contribution in [3.8, 4) is 0 Å². The van der Waals surface area contributed by atoms with Gasteiger partial charge in [-0.3, -0.25) is 78.0 Å². The van der Waals surface area contributed by atoms with Gasteiger partial charge < -0.3 is 16.2 Å². The number of carbonyl (C=O) groups excluding carboxylic acids is 11. The molecule has 336 valence electrons. The van der Waals surface area contributed by atoms with E-state index in [1.807, 2.05) is 0 Å². The number of carbonyl (C=O) groups is 12. The van der Waals surface area contributed by atoms with Gasteiger partial charge in [0.1, 0.15) is 12.1 Å². The molecule has 0 aromatic heterocycles. The van der Waals surface area contributed by atoms with E-state index in [9.17, 15) is 57.5 Å². The third-order valence-electron chi connectivity index (χ3n) is 10.3. The van der Waals surface area contributed by atoms with Crippen molar-refractivity contribution in [3.05, 3.63) is 58.7 Å². The molecular formula is C42H46Cl2N6O13. The number of aliphatic carboxylic acids is 1. The zero-order chi connectivity index (χ0) is 46.4. The number of fused-ring (bicyclic) bond motifs is 2. The maximum Gasteiger partial charge on any atom is 0.303 e. The van der Waals surface area contributed by atoms with Gasteiger partial charge in [0, 0.05) is 44.2 Å². The molecule has 2 aromatic carbocycles. The third kappa shape index (κ3) is 13.3. The topological polar surface area (TPSA) is 294 Å². The monoisotopic (exact) mass is 912 g/mol. The highest BCUT2D eigenvalue weighted by molar-refractivity contribution is 6.63. The summed E-state index contributed by atoms with van der Waals surface area (Å²) in [5.41, 5.74) is 6.57. The first-order valence-corrected chi connectivity index (χ1v) is 21.0. The summed E-state index contributed by atoms with van der Waals surface area (Å²) in [5.74, 6) is -5.80. The lowest BCUT2D eigenvalue weighted by molar-refractivity contribution is -0.138. The number of amides is 9. The van der Waals surface area contributed by atoms with Crippen LogP contribution in [0.3, 0.4) is 0 Å². The van der Waals surface area contributed by atoms with E-state index in [0.29, 0.717) is 38.5 Å². The van der Waals surface area contributed by atoms with Crippen molar-refractivity contribution in [1.82, 2.24) is 20.4 Å². The second-order valence-electron chi connectivity index (χ2n) is 14.9. The Bertz CT molecular complexity index is 2190. The number of unbranched alkanes of at least 4 members (excludes halogenated alkanes) is 6. The van der Waals surface area contributed by atoms with Gasteiger partial charge in [0.05, 0.1) is 27.9 Å². The number of nitrogens with one attached hydrogen (secondary N) is 3. The molecule has 6 rings (SSSR count). The minimum Gasteiger partial charge on any atom is -0.481 e. The third-order valence-corrected chi connectivity index (χ3v) is 10.7. The Hall–Kier alpha value is -6.34. The van der Waals surface area contributed by atoms with Crippen LogP contribution < -0.4 is 21.7 Å². The second-order valence-corrected chi connectivity index (χ2v) is 15.7. The average Bonchev–Trinajstić information content (AvgIpc) is 3.62. The highest BCUT2D eigenvalue weighted by atomic mass is 35.5. The van der Waals surface area contributed by atoms with Crippen LogP contribution in [0.1, 0.15) is 144 Å². The molecule has 2 fully saturated rings. The molecule has 63 heavy (non-hydrogen) atoms. The summed E-state index contributed by atoms with van der Waals surface area (Å²) in [5, 5.41) is 15.0. The smallest absolute Gasteiger partial charge is 0.303 e. The molecule has 4 aliphatic heterocycles. The van der Waals surface area contributed by atoms with E-state index in [2.05, 4.69) is 16.0 Å². The van der Waals surface area contributed by atoms with Crippen LogP contribution in [0.4, 0.5) is 11.4 Å². The van der Waals surface area contributed by atoms with Gasteiger partial charge in [0.2, 0.25) is 40.0 Å². The first-order chi connectivity index (χ1) is 29.9. The number of piperidine rings is 2. The molecule has 4 aliphatic rings. The van der Waals surface area contributed by atoms with E-state index in [1.165, 1.54) is 24.3 Å². The molecule has 21 heteroatoms. The van der Waals surface area contributed by atoms with Crippen LogP contribution in [0.15, 0.2) is 36.4 Å². The molecule has 6 N–H and O–H groups in total. The summed E-state index contributed by atoms with van der Waals surface area (Å²) >= 11 is 10.3. The fraction of sp³-hybridized carbons (Fsp3) is 0.429. The normalized spacial score (nSPS) is 17.7. The number of carboxylic acid groups (broad SMARTS) is 1. The zero-order valence-corrected chi connectivity index (χ0v) is 35.5. The Labute approximate surface area is 370 Å². The number of nitrogen functional groups attached to an aromatic ring is 1. The number of nitrogens with two attached hydrogens (primary N) is 1. The number of rotatable bonds is 17. The van der Waals surface area contributed by atoms with Crippen molar-refractivity contribution in [2.75, 3.05) is 11.1 Å². The molecule has 0 radical (unpaired) electrons. The lowest BCUT2D eigenvalue weighted by Gasteiger charge is -2.27. The second kappa shape index (κ2) is 23.2. The van der Waals surface area contributed by atoms with Gasteiger partial charge in [-0.1, -0.05) is 37.8 Å². The number of benzene rings is 2. The quantitative estimate of drug-likeness (QED) is 0.0650. The predicted molar refractivity (Wildman–Crippen MR) is 224 cm³/mol. The Kier molecular flexibility index (Phi) is 18.2. The Morgan fingerprint density at radius 1 is 0.603 bits per heavy atom. The van der Waals surface area contributed by atoms with E-state index in [0.717, 1.165) is 35.5 Å². The fourth-order valence-electron chi connectivity index (χ4n) is 7.17. The Morgan fingerprint density at radius 3 is 1.48 bits per heavy atom. The van der Waals surface area contributed by atoms with E-state index in [4.69, 9.17) is 34.0 Å². The first kappa shape index (κ1) is 49.3. The highest BCUT2D eigenvalue weighted by Gasteiger charge is 2.47. The van der Waals surface area contributed by atoms with Crippen molar-refractivity contribution < 1.29 is 62.6 Å². The number of nitrogens with zero attached hydrogens (tertiary/aromatic N) is 2. The summed E-state index contributed by atoms with van der Waals surface area (Å²) in [6.07, 6.45) is 7.46. The molecule has 0 spiro atoms. The van der Waals surface area contributed by atoms with Crippen molar-refractivity contribution >= 4 is 104 Å². The Balaban J connectivity index is 0.000000232. The summed E-state index contributed by atoms with van der Waals surface area (Å²) in [4.78, 5) is 142. The fourth-order valence-corrected chi connectivity index (χ4v) is 7.44. The molecule has 9 amide bonds.